The molecule has 0 amide bonds. The lowest BCUT2D eigenvalue weighted by atomic mass is 10.0. The zero-order valence-electron chi connectivity index (χ0n) is 12.0. The molecule has 0 spiro atoms. The molecule has 0 saturated heterocycles. The topological polar surface area (TPSA) is 38.3 Å². The average molecular weight is 249 g/mol. The maximum atomic E-state index is 11.5. The molecule has 1 N–H and O–H groups in total. The van der Waals surface area contributed by atoms with E-state index >= 15 is 0 Å². The normalized spacial score (nSPS) is 12.3. The van der Waals surface area contributed by atoms with Gasteiger partial charge in [0.25, 0.3) is 0 Å². The van der Waals surface area contributed by atoms with E-state index in [2.05, 4.69) is 38.2 Å². The van der Waals surface area contributed by atoms with Gasteiger partial charge < -0.3 is 10.1 Å². The molecule has 1 aromatic carbocycles. The van der Waals surface area contributed by atoms with Gasteiger partial charge in [0.2, 0.25) is 0 Å². The van der Waals surface area contributed by atoms with Crippen LogP contribution in [0.2, 0.25) is 0 Å². The highest BCUT2D eigenvalue weighted by Crippen LogP contribution is 2.15. The van der Waals surface area contributed by atoms with Gasteiger partial charge in [-0.05, 0) is 56.9 Å². The first-order chi connectivity index (χ1) is 8.45. The maximum absolute atomic E-state index is 11.5. The molecular formula is C15H23NO2. The van der Waals surface area contributed by atoms with Crippen molar-refractivity contribution < 1.29 is 9.53 Å². The van der Waals surface area contributed by atoms with E-state index in [0.717, 1.165) is 0 Å². The number of nitrogens with one attached hydrogen (secondary N) is 1. The highest BCUT2D eigenvalue weighted by Gasteiger charge is 2.13. The van der Waals surface area contributed by atoms with Crippen LogP contribution in [0.15, 0.2) is 12.1 Å². The predicted octanol–water partition coefficient (Wildman–Crippen LogP) is 2.65. The number of hydrogen-bond acceptors (Lipinski definition) is 3. The first-order valence-corrected chi connectivity index (χ1v) is 6.42. The van der Waals surface area contributed by atoms with Gasteiger partial charge in [-0.25, -0.2) is 0 Å². The first-order valence-electron chi connectivity index (χ1n) is 6.42. The summed E-state index contributed by atoms with van der Waals surface area (Å²) in [6, 6.07) is 4.09. The summed E-state index contributed by atoms with van der Waals surface area (Å²) in [5.41, 5.74) is 5.06. The Balaban J connectivity index is 2.63. The van der Waals surface area contributed by atoms with Crippen LogP contribution in [0.25, 0.3) is 0 Å². The third-order valence-corrected chi connectivity index (χ3v) is 3.19. The van der Waals surface area contributed by atoms with E-state index < -0.39 is 0 Å². The minimum absolute atomic E-state index is 0.195. The highest BCUT2D eigenvalue weighted by atomic mass is 16.5. The smallest absolute Gasteiger partial charge is 0.322 e. The molecule has 18 heavy (non-hydrogen) atoms. The van der Waals surface area contributed by atoms with Crippen LogP contribution < -0.4 is 5.32 Å². The molecule has 0 bridgehead atoms. The lowest BCUT2D eigenvalue weighted by Gasteiger charge is -2.15. The fourth-order valence-electron chi connectivity index (χ4n) is 1.82. The molecule has 0 aliphatic rings. The quantitative estimate of drug-likeness (QED) is 0.815. The summed E-state index contributed by atoms with van der Waals surface area (Å²) < 4.78 is 4.96. The minimum atomic E-state index is -0.272. The van der Waals surface area contributed by atoms with Gasteiger partial charge in [0.1, 0.15) is 6.04 Å². The zero-order valence-corrected chi connectivity index (χ0v) is 12.0. The van der Waals surface area contributed by atoms with Gasteiger partial charge in [-0.3, -0.25) is 4.79 Å². The molecule has 0 saturated carbocycles. The summed E-state index contributed by atoms with van der Waals surface area (Å²) in [6.45, 7) is 11.1. The average Bonchev–Trinajstić information content (AvgIpc) is 2.32. The summed E-state index contributed by atoms with van der Waals surface area (Å²) >= 11 is 0. The summed E-state index contributed by atoms with van der Waals surface area (Å²) in [5.74, 6) is -0.195. The van der Waals surface area contributed by atoms with Crippen LogP contribution in [0.1, 0.15) is 36.1 Å². The summed E-state index contributed by atoms with van der Waals surface area (Å²) in [7, 11) is 0. The Kier molecular flexibility index (Phi) is 5.35. The molecule has 1 rings (SSSR count). The van der Waals surface area contributed by atoms with Crippen molar-refractivity contribution in [1.29, 1.82) is 0 Å². The van der Waals surface area contributed by atoms with Crippen molar-refractivity contribution >= 4 is 5.97 Å². The standard InChI is InChI=1S/C15H23NO2/c1-6-18-15(17)13(5)16-9-14-8-11(3)10(2)7-12(14)4/h7-8,13,16H,6,9H2,1-5H3. The van der Waals surface area contributed by atoms with E-state index in [4.69, 9.17) is 4.74 Å². The molecule has 0 aliphatic carbocycles. The largest absolute Gasteiger partial charge is 0.465 e. The van der Waals surface area contributed by atoms with E-state index in [1.54, 1.807) is 0 Å². The molecule has 100 valence electrons. The van der Waals surface area contributed by atoms with Crippen LogP contribution in [-0.2, 0) is 16.1 Å². The van der Waals surface area contributed by atoms with Gasteiger partial charge in [0, 0.05) is 6.54 Å². The number of aryl methyl sites for hydroxylation is 3. The molecule has 3 nitrogen and oxygen atoms in total. The second-order valence-corrected chi connectivity index (χ2v) is 4.72. The van der Waals surface area contributed by atoms with Gasteiger partial charge in [-0.15, -0.1) is 0 Å². The molecule has 1 atom stereocenters. The molecule has 1 unspecified atom stereocenters. The Bertz CT molecular complexity index is 427. The van der Waals surface area contributed by atoms with Gasteiger partial charge in [0.05, 0.1) is 6.61 Å². The predicted molar refractivity (Wildman–Crippen MR) is 73.6 cm³/mol. The fraction of sp³-hybridized carbons (Fsp3) is 0.533. The molecule has 0 radical (unpaired) electrons. The molecule has 0 fully saturated rings. The van der Waals surface area contributed by atoms with E-state index in [1.807, 2.05) is 13.8 Å². The summed E-state index contributed by atoms with van der Waals surface area (Å²) in [4.78, 5) is 11.5. The van der Waals surface area contributed by atoms with Crippen molar-refractivity contribution in [1.82, 2.24) is 5.32 Å². The maximum Gasteiger partial charge on any atom is 0.322 e. The highest BCUT2D eigenvalue weighted by molar-refractivity contribution is 5.75. The van der Waals surface area contributed by atoms with Crippen molar-refractivity contribution in [2.24, 2.45) is 0 Å². The number of esters is 1. The zero-order chi connectivity index (χ0) is 13.7. The first kappa shape index (κ1) is 14.7. The molecule has 0 aliphatic heterocycles. The van der Waals surface area contributed by atoms with E-state index in [9.17, 15) is 4.79 Å². The van der Waals surface area contributed by atoms with Gasteiger partial charge in [0.15, 0.2) is 0 Å². The Labute approximate surface area is 110 Å². The number of carbonyl (C=O) groups is 1. The fourth-order valence-corrected chi connectivity index (χ4v) is 1.82. The molecule has 0 aromatic heterocycles. The third kappa shape index (κ3) is 3.84. The number of ether oxygens (including phenoxy) is 1. The van der Waals surface area contributed by atoms with E-state index in [-0.39, 0.29) is 12.0 Å². The van der Waals surface area contributed by atoms with Crippen molar-refractivity contribution in [3.63, 3.8) is 0 Å². The molecule has 1 aromatic rings. The Morgan fingerprint density at radius 2 is 1.83 bits per heavy atom. The Morgan fingerprint density at radius 1 is 1.22 bits per heavy atom. The lowest BCUT2D eigenvalue weighted by Crippen LogP contribution is -2.35. The van der Waals surface area contributed by atoms with Crippen molar-refractivity contribution in [2.45, 2.75) is 47.2 Å². The Morgan fingerprint density at radius 3 is 2.44 bits per heavy atom. The second kappa shape index (κ2) is 6.55. The summed E-state index contributed by atoms with van der Waals surface area (Å²) in [5, 5.41) is 3.20. The number of carbonyl (C=O) groups excluding carboxylic acids is 1. The van der Waals surface area contributed by atoms with Crippen molar-refractivity contribution in [3.05, 3.63) is 34.4 Å². The van der Waals surface area contributed by atoms with Crippen LogP contribution in [0.3, 0.4) is 0 Å². The second-order valence-electron chi connectivity index (χ2n) is 4.72. The van der Waals surface area contributed by atoms with Crippen LogP contribution in [0.5, 0.6) is 0 Å². The minimum Gasteiger partial charge on any atom is -0.465 e. The van der Waals surface area contributed by atoms with Crippen LogP contribution in [-0.4, -0.2) is 18.6 Å². The number of benzene rings is 1. The lowest BCUT2D eigenvalue weighted by molar-refractivity contribution is -0.145. The monoisotopic (exact) mass is 249 g/mol. The number of hydrogen-bond donors (Lipinski definition) is 1. The van der Waals surface area contributed by atoms with Gasteiger partial charge in [-0.2, -0.15) is 0 Å². The van der Waals surface area contributed by atoms with Crippen molar-refractivity contribution in [3.8, 4) is 0 Å². The van der Waals surface area contributed by atoms with E-state index in [1.165, 1.54) is 22.3 Å². The van der Waals surface area contributed by atoms with Crippen LogP contribution in [0, 0.1) is 20.8 Å². The number of rotatable bonds is 5. The third-order valence-electron chi connectivity index (χ3n) is 3.19. The molecule has 3 heteroatoms. The summed E-state index contributed by atoms with van der Waals surface area (Å²) in [6.07, 6.45) is 0. The molecular weight excluding hydrogens is 226 g/mol. The van der Waals surface area contributed by atoms with Crippen molar-refractivity contribution in [2.75, 3.05) is 6.61 Å². The van der Waals surface area contributed by atoms with Crippen LogP contribution >= 0.6 is 0 Å². The van der Waals surface area contributed by atoms with Crippen LogP contribution in [0.4, 0.5) is 0 Å². The van der Waals surface area contributed by atoms with Gasteiger partial charge in [-0.1, -0.05) is 12.1 Å². The van der Waals surface area contributed by atoms with E-state index in [0.29, 0.717) is 13.2 Å². The SMILES string of the molecule is CCOC(=O)C(C)NCc1cc(C)c(C)cc1C. The Hall–Kier alpha value is -1.35. The molecule has 0 heterocycles. The van der Waals surface area contributed by atoms with Gasteiger partial charge >= 0.3 is 5.97 Å².